The number of amides is 2. The number of benzene rings is 1. The zero-order valence-corrected chi connectivity index (χ0v) is 12.6. The fourth-order valence-electron chi connectivity index (χ4n) is 1.91. The molecule has 0 saturated carbocycles. The van der Waals surface area contributed by atoms with E-state index in [0.717, 1.165) is 12.1 Å². The number of hydrogen-bond acceptors (Lipinski definition) is 2. The second-order valence-electron chi connectivity index (χ2n) is 5.51. The molecular formula is C15H20F2N2O2. The molecule has 0 aromatic heterocycles. The first-order valence-electron chi connectivity index (χ1n) is 6.69. The van der Waals surface area contributed by atoms with Crippen LogP contribution >= 0.6 is 0 Å². The van der Waals surface area contributed by atoms with Gasteiger partial charge in [-0.3, -0.25) is 9.59 Å². The van der Waals surface area contributed by atoms with Crippen LogP contribution in [0.5, 0.6) is 0 Å². The summed E-state index contributed by atoms with van der Waals surface area (Å²) in [5, 5.41) is 2.51. The average molecular weight is 298 g/mol. The summed E-state index contributed by atoms with van der Waals surface area (Å²) in [4.78, 5) is 25.5. The molecule has 1 rings (SSSR count). The van der Waals surface area contributed by atoms with Crippen molar-refractivity contribution in [3.05, 3.63) is 35.4 Å². The predicted molar refractivity (Wildman–Crippen MR) is 75.8 cm³/mol. The summed E-state index contributed by atoms with van der Waals surface area (Å²) in [6.45, 7) is 3.83. The molecule has 4 nitrogen and oxygen atoms in total. The highest BCUT2D eigenvalue weighted by Gasteiger charge is 2.25. The quantitative estimate of drug-likeness (QED) is 0.906. The molecule has 0 saturated heterocycles. The van der Waals surface area contributed by atoms with Crippen LogP contribution in [0.4, 0.5) is 8.78 Å². The van der Waals surface area contributed by atoms with Gasteiger partial charge in [-0.25, -0.2) is 8.78 Å². The van der Waals surface area contributed by atoms with Crippen LogP contribution in [0.3, 0.4) is 0 Å². The third-order valence-corrected chi connectivity index (χ3v) is 2.93. The van der Waals surface area contributed by atoms with E-state index in [9.17, 15) is 18.4 Å². The number of halogens is 2. The zero-order valence-electron chi connectivity index (χ0n) is 12.6. The normalized spacial score (nSPS) is 12.1. The number of rotatable bonds is 5. The first kappa shape index (κ1) is 17.1. The van der Waals surface area contributed by atoms with Crippen molar-refractivity contribution in [2.75, 3.05) is 14.1 Å². The van der Waals surface area contributed by atoms with Crippen LogP contribution < -0.4 is 5.32 Å². The summed E-state index contributed by atoms with van der Waals surface area (Å²) in [6.07, 6.45) is 0.436. The van der Waals surface area contributed by atoms with Crippen molar-refractivity contribution in [3.8, 4) is 0 Å². The van der Waals surface area contributed by atoms with Crippen molar-refractivity contribution >= 4 is 11.8 Å². The van der Waals surface area contributed by atoms with Crippen molar-refractivity contribution in [1.29, 1.82) is 0 Å². The molecule has 1 N–H and O–H groups in total. The molecule has 21 heavy (non-hydrogen) atoms. The number of likely N-dealkylation sites (N-methyl/N-ethyl adjacent to an activating group) is 1. The predicted octanol–water partition coefficient (Wildman–Crippen LogP) is 2.20. The van der Waals surface area contributed by atoms with Gasteiger partial charge in [-0.1, -0.05) is 13.8 Å². The Labute approximate surface area is 123 Å². The van der Waals surface area contributed by atoms with Crippen LogP contribution in [0.2, 0.25) is 0 Å². The SMILES string of the molecule is CC(C)CC(NC(=O)c1ccc(F)cc1F)C(=O)N(C)C. The van der Waals surface area contributed by atoms with E-state index in [-0.39, 0.29) is 17.4 Å². The Morgan fingerprint density at radius 2 is 1.86 bits per heavy atom. The molecule has 0 spiro atoms. The summed E-state index contributed by atoms with van der Waals surface area (Å²) in [6, 6.07) is 1.97. The number of nitrogens with one attached hydrogen (secondary N) is 1. The lowest BCUT2D eigenvalue weighted by Gasteiger charge is -2.23. The Morgan fingerprint density at radius 3 is 2.33 bits per heavy atom. The van der Waals surface area contributed by atoms with Crippen molar-refractivity contribution in [1.82, 2.24) is 10.2 Å². The fraction of sp³-hybridized carbons (Fsp3) is 0.467. The minimum absolute atomic E-state index is 0.178. The lowest BCUT2D eigenvalue weighted by atomic mass is 10.0. The lowest BCUT2D eigenvalue weighted by molar-refractivity contribution is -0.131. The monoisotopic (exact) mass is 298 g/mol. The van der Waals surface area contributed by atoms with Crippen molar-refractivity contribution in [3.63, 3.8) is 0 Å². The maximum Gasteiger partial charge on any atom is 0.254 e. The van der Waals surface area contributed by atoms with E-state index in [1.54, 1.807) is 14.1 Å². The van der Waals surface area contributed by atoms with Crippen LogP contribution in [0.1, 0.15) is 30.6 Å². The smallest absolute Gasteiger partial charge is 0.254 e. The van der Waals surface area contributed by atoms with Crippen LogP contribution in [-0.4, -0.2) is 36.9 Å². The molecule has 1 aromatic carbocycles. The number of hydrogen-bond donors (Lipinski definition) is 1. The number of carbonyl (C=O) groups is 2. The van der Waals surface area contributed by atoms with Gasteiger partial charge in [0.05, 0.1) is 5.56 Å². The average Bonchev–Trinajstić information content (AvgIpc) is 2.36. The van der Waals surface area contributed by atoms with Gasteiger partial charge in [-0.15, -0.1) is 0 Å². The Bertz CT molecular complexity index is 530. The van der Waals surface area contributed by atoms with E-state index in [4.69, 9.17) is 0 Å². The van der Waals surface area contributed by atoms with E-state index < -0.39 is 23.6 Å². The van der Waals surface area contributed by atoms with Crippen molar-refractivity contribution in [2.24, 2.45) is 5.92 Å². The highest BCUT2D eigenvalue weighted by molar-refractivity contribution is 5.97. The van der Waals surface area contributed by atoms with Gasteiger partial charge in [0.2, 0.25) is 5.91 Å². The second kappa shape index (κ2) is 7.15. The zero-order chi connectivity index (χ0) is 16.2. The van der Waals surface area contributed by atoms with Gasteiger partial charge in [-0.05, 0) is 24.5 Å². The van der Waals surface area contributed by atoms with E-state index >= 15 is 0 Å². The molecule has 0 aliphatic rings. The van der Waals surface area contributed by atoms with E-state index in [0.29, 0.717) is 12.5 Å². The summed E-state index contributed by atoms with van der Waals surface area (Å²) < 4.78 is 26.4. The number of nitrogens with zero attached hydrogens (tertiary/aromatic N) is 1. The van der Waals surface area contributed by atoms with Gasteiger partial charge < -0.3 is 10.2 Å². The Kier molecular flexibility index (Phi) is 5.81. The molecule has 0 fully saturated rings. The molecule has 0 radical (unpaired) electrons. The first-order chi connectivity index (χ1) is 9.72. The topological polar surface area (TPSA) is 49.4 Å². The summed E-state index contributed by atoms with van der Waals surface area (Å²) in [7, 11) is 3.17. The molecule has 2 amide bonds. The van der Waals surface area contributed by atoms with Crippen molar-refractivity contribution < 1.29 is 18.4 Å². The van der Waals surface area contributed by atoms with Crippen molar-refractivity contribution in [2.45, 2.75) is 26.3 Å². The molecule has 1 unspecified atom stereocenters. The van der Waals surface area contributed by atoms with Gasteiger partial charge in [0.25, 0.3) is 5.91 Å². The molecule has 0 aliphatic heterocycles. The Hall–Kier alpha value is -1.98. The van der Waals surface area contributed by atoms with Gasteiger partial charge >= 0.3 is 0 Å². The minimum atomic E-state index is -0.951. The van der Waals surface area contributed by atoms with E-state index in [1.807, 2.05) is 13.8 Å². The molecule has 1 aromatic rings. The van der Waals surface area contributed by atoms with Crippen LogP contribution in [-0.2, 0) is 4.79 Å². The molecule has 116 valence electrons. The lowest BCUT2D eigenvalue weighted by Crippen LogP contribution is -2.47. The molecule has 0 heterocycles. The molecule has 0 bridgehead atoms. The summed E-state index contributed by atoms with van der Waals surface area (Å²) in [5.74, 6) is -2.52. The van der Waals surface area contributed by atoms with Gasteiger partial charge in [0.1, 0.15) is 17.7 Å². The van der Waals surface area contributed by atoms with E-state index in [1.165, 1.54) is 4.90 Å². The van der Waals surface area contributed by atoms with Gasteiger partial charge in [0.15, 0.2) is 0 Å². The van der Waals surface area contributed by atoms with Crippen LogP contribution in [0.25, 0.3) is 0 Å². The second-order valence-corrected chi connectivity index (χ2v) is 5.51. The molecular weight excluding hydrogens is 278 g/mol. The maximum atomic E-state index is 13.6. The largest absolute Gasteiger partial charge is 0.347 e. The summed E-state index contributed by atoms with van der Waals surface area (Å²) >= 11 is 0. The van der Waals surface area contributed by atoms with Gasteiger partial charge in [-0.2, -0.15) is 0 Å². The van der Waals surface area contributed by atoms with Crippen LogP contribution in [0.15, 0.2) is 18.2 Å². The standard InChI is InChI=1S/C15H20F2N2O2/c1-9(2)7-13(15(21)19(3)4)18-14(20)11-6-5-10(16)8-12(11)17/h5-6,8-9,13H,7H2,1-4H3,(H,18,20). The highest BCUT2D eigenvalue weighted by atomic mass is 19.1. The third kappa shape index (κ3) is 4.81. The van der Waals surface area contributed by atoms with E-state index in [2.05, 4.69) is 5.32 Å². The third-order valence-electron chi connectivity index (χ3n) is 2.93. The minimum Gasteiger partial charge on any atom is -0.347 e. The number of carbonyl (C=O) groups excluding carboxylic acids is 2. The fourth-order valence-corrected chi connectivity index (χ4v) is 1.91. The maximum absolute atomic E-state index is 13.6. The molecule has 6 heteroatoms. The highest BCUT2D eigenvalue weighted by Crippen LogP contribution is 2.12. The molecule has 0 aliphatic carbocycles. The Morgan fingerprint density at radius 1 is 1.24 bits per heavy atom. The first-order valence-corrected chi connectivity index (χ1v) is 6.69. The molecule has 1 atom stereocenters. The van der Waals surface area contributed by atoms with Gasteiger partial charge in [0, 0.05) is 20.2 Å². The summed E-state index contributed by atoms with van der Waals surface area (Å²) in [5.41, 5.74) is -0.281. The van der Waals surface area contributed by atoms with Crippen LogP contribution in [0, 0.1) is 17.6 Å². The Balaban J connectivity index is 2.92.